The molecule has 0 spiro atoms. The molecule has 0 radical (unpaired) electrons. The van der Waals surface area contributed by atoms with Crippen LogP contribution in [-0.4, -0.2) is 38.4 Å². The number of halogens is 3. The fourth-order valence-electron chi connectivity index (χ4n) is 5.15. The van der Waals surface area contributed by atoms with Crippen molar-refractivity contribution in [3.8, 4) is 0 Å². The Kier molecular flexibility index (Phi) is 5.70. The highest BCUT2D eigenvalue weighted by Crippen LogP contribution is 2.40. The van der Waals surface area contributed by atoms with Crippen LogP contribution in [0, 0.1) is 5.92 Å². The first-order chi connectivity index (χ1) is 15.3. The Labute approximate surface area is 200 Å². The predicted molar refractivity (Wildman–Crippen MR) is 129 cm³/mol. The van der Waals surface area contributed by atoms with E-state index in [1.165, 1.54) is 0 Å². The number of nitrogens with zero attached hydrogens (tertiary/aromatic N) is 2. The van der Waals surface area contributed by atoms with E-state index in [9.17, 15) is 9.59 Å². The Hall–Kier alpha value is -2.05. The maximum Gasteiger partial charge on any atom is 0.253 e. The minimum atomic E-state index is -1.72. The van der Waals surface area contributed by atoms with E-state index < -0.39 is 9.96 Å². The van der Waals surface area contributed by atoms with Crippen molar-refractivity contribution in [3.05, 3.63) is 82.3 Å². The molecule has 1 saturated heterocycles. The van der Waals surface area contributed by atoms with Crippen LogP contribution in [0.1, 0.15) is 28.4 Å². The van der Waals surface area contributed by atoms with Crippen LogP contribution in [0.5, 0.6) is 0 Å². The van der Waals surface area contributed by atoms with Gasteiger partial charge in [-0.3, -0.25) is 14.5 Å². The highest BCUT2D eigenvalue weighted by Gasteiger charge is 2.44. The third-order valence-corrected chi connectivity index (χ3v) is 7.11. The van der Waals surface area contributed by atoms with Gasteiger partial charge in [-0.2, -0.15) is 0 Å². The van der Waals surface area contributed by atoms with Gasteiger partial charge in [-0.1, -0.05) is 77.3 Å². The van der Waals surface area contributed by atoms with Crippen LogP contribution < -0.4 is 10.9 Å². The van der Waals surface area contributed by atoms with Crippen molar-refractivity contribution in [1.29, 1.82) is 0 Å². The van der Waals surface area contributed by atoms with E-state index in [1.54, 1.807) is 18.2 Å². The zero-order chi connectivity index (χ0) is 22.5. The van der Waals surface area contributed by atoms with Gasteiger partial charge in [0.1, 0.15) is 6.17 Å². The van der Waals surface area contributed by atoms with Crippen molar-refractivity contribution in [2.45, 2.75) is 28.8 Å². The van der Waals surface area contributed by atoms with Crippen LogP contribution in [0.15, 0.2) is 65.5 Å². The standard InChI is InChI=1S/C24H22Cl3N3O2/c25-24(26,27)23(28-22(32)19-8-3-6-16-5-1-2-7-18(16)19)29-12-15-11-17(14-29)20-9-4-10-21(31)30(20)13-15/h1-10,15,17,23H,11-14H2,(H,28,32)/t15-,17+,23-/m0/s1. The highest BCUT2D eigenvalue weighted by molar-refractivity contribution is 6.68. The second kappa shape index (κ2) is 8.38. The molecule has 3 aromatic rings. The van der Waals surface area contributed by atoms with E-state index in [4.69, 9.17) is 34.8 Å². The van der Waals surface area contributed by atoms with E-state index in [-0.39, 0.29) is 23.3 Å². The summed E-state index contributed by atoms with van der Waals surface area (Å²) in [6.45, 7) is 1.85. The number of carbonyl (C=O) groups excluding carboxylic acids is 1. The Morgan fingerprint density at radius 1 is 0.969 bits per heavy atom. The molecular formula is C24H22Cl3N3O2. The summed E-state index contributed by atoms with van der Waals surface area (Å²) in [4.78, 5) is 27.6. The van der Waals surface area contributed by atoms with E-state index in [2.05, 4.69) is 5.32 Å². The zero-order valence-corrected chi connectivity index (χ0v) is 19.4. The van der Waals surface area contributed by atoms with Crippen LogP contribution in [0.3, 0.4) is 0 Å². The smallest absolute Gasteiger partial charge is 0.253 e. The number of benzene rings is 2. The normalized spacial score (nSPS) is 21.7. The Balaban J connectivity index is 1.44. The maximum absolute atomic E-state index is 13.3. The van der Waals surface area contributed by atoms with Gasteiger partial charge in [0, 0.05) is 42.9 Å². The molecule has 5 nitrogen and oxygen atoms in total. The molecule has 32 heavy (non-hydrogen) atoms. The number of likely N-dealkylation sites (tertiary alicyclic amines) is 1. The number of pyridine rings is 1. The molecule has 166 valence electrons. The first-order valence-electron chi connectivity index (χ1n) is 10.6. The van der Waals surface area contributed by atoms with Gasteiger partial charge in [0.25, 0.3) is 11.5 Å². The molecule has 1 N–H and O–H groups in total. The molecule has 0 saturated carbocycles. The van der Waals surface area contributed by atoms with Gasteiger partial charge in [-0.15, -0.1) is 0 Å². The lowest BCUT2D eigenvalue weighted by atomic mass is 9.83. The summed E-state index contributed by atoms with van der Waals surface area (Å²) in [6.07, 6.45) is 0.176. The maximum atomic E-state index is 13.3. The third kappa shape index (κ3) is 4.03. The van der Waals surface area contributed by atoms with E-state index >= 15 is 0 Å². The van der Waals surface area contributed by atoms with Gasteiger partial charge in [0.15, 0.2) is 0 Å². The molecule has 2 bridgehead atoms. The van der Waals surface area contributed by atoms with E-state index in [0.717, 1.165) is 22.9 Å². The van der Waals surface area contributed by atoms with Crippen LogP contribution in [0.25, 0.3) is 10.8 Å². The van der Waals surface area contributed by atoms with Gasteiger partial charge < -0.3 is 9.88 Å². The first-order valence-corrected chi connectivity index (χ1v) is 11.7. The lowest BCUT2D eigenvalue weighted by Gasteiger charge is -2.47. The minimum absolute atomic E-state index is 0.0211. The average molecular weight is 491 g/mol. The summed E-state index contributed by atoms with van der Waals surface area (Å²) in [5.74, 6) is 0.0943. The fraction of sp³-hybridized carbons (Fsp3) is 0.333. The summed E-state index contributed by atoms with van der Waals surface area (Å²) in [5.41, 5.74) is 1.56. The van der Waals surface area contributed by atoms with Crippen molar-refractivity contribution >= 4 is 51.5 Å². The van der Waals surface area contributed by atoms with Gasteiger partial charge >= 0.3 is 0 Å². The number of fused-ring (bicyclic) bond motifs is 5. The number of hydrogen-bond acceptors (Lipinski definition) is 3. The minimum Gasteiger partial charge on any atom is -0.332 e. The van der Waals surface area contributed by atoms with Crippen molar-refractivity contribution in [2.75, 3.05) is 13.1 Å². The second-order valence-electron chi connectivity index (χ2n) is 8.60. The van der Waals surface area contributed by atoms with E-state index in [0.29, 0.717) is 25.2 Å². The number of hydrogen-bond donors (Lipinski definition) is 1. The average Bonchev–Trinajstić information content (AvgIpc) is 2.77. The Morgan fingerprint density at radius 3 is 2.53 bits per heavy atom. The van der Waals surface area contributed by atoms with Crippen LogP contribution in [-0.2, 0) is 6.54 Å². The van der Waals surface area contributed by atoms with Gasteiger partial charge in [-0.05, 0) is 35.2 Å². The molecule has 2 aliphatic heterocycles. The summed E-state index contributed by atoms with van der Waals surface area (Å²) in [7, 11) is 0. The largest absolute Gasteiger partial charge is 0.332 e. The number of amides is 1. The SMILES string of the molecule is O=C(N[C@@H](N1C[C@@H]2C[C@H](C1)c1cccc(=O)n1C2)C(Cl)(Cl)Cl)c1cccc2ccccc12. The monoisotopic (exact) mass is 489 g/mol. The third-order valence-electron chi connectivity index (χ3n) is 6.49. The lowest BCUT2D eigenvalue weighted by molar-refractivity contribution is 0.0587. The topological polar surface area (TPSA) is 54.3 Å². The predicted octanol–water partition coefficient (Wildman–Crippen LogP) is 4.55. The Morgan fingerprint density at radius 2 is 1.72 bits per heavy atom. The van der Waals surface area contributed by atoms with Crippen molar-refractivity contribution in [1.82, 2.24) is 14.8 Å². The summed E-state index contributed by atoms with van der Waals surface area (Å²) in [6, 6.07) is 18.7. The van der Waals surface area contributed by atoms with Crippen LogP contribution >= 0.6 is 34.8 Å². The molecule has 3 atom stereocenters. The van der Waals surface area contributed by atoms with Crippen LogP contribution in [0.4, 0.5) is 0 Å². The quantitative estimate of drug-likeness (QED) is 0.548. The van der Waals surface area contributed by atoms with Gasteiger partial charge in [-0.25, -0.2) is 0 Å². The molecular weight excluding hydrogens is 469 g/mol. The number of alkyl halides is 3. The highest BCUT2D eigenvalue weighted by atomic mass is 35.6. The molecule has 1 amide bonds. The van der Waals surface area contributed by atoms with Crippen LogP contribution in [0.2, 0.25) is 0 Å². The molecule has 2 aliphatic rings. The second-order valence-corrected chi connectivity index (χ2v) is 11.0. The van der Waals surface area contributed by atoms with E-state index in [1.807, 2.05) is 51.9 Å². The molecule has 0 aliphatic carbocycles. The summed E-state index contributed by atoms with van der Waals surface area (Å²) < 4.78 is 0.136. The molecule has 1 aromatic heterocycles. The Bertz CT molecular complexity index is 1230. The van der Waals surface area contributed by atoms with Crippen molar-refractivity contribution in [3.63, 3.8) is 0 Å². The van der Waals surface area contributed by atoms with Gasteiger partial charge in [0.2, 0.25) is 3.79 Å². The number of piperidine rings is 1. The molecule has 8 heteroatoms. The summed E-state index contributed by atoms with van der Waals surface area (Å²) >= 11 is 19.2. The number of nitrogens with one attached hydrogen (secondary N) is 1. The summed E-state index contributed by atoms with van der Waals surface area (Å²) in [5, 5.41) is 4.80. The van der Waals surface area contributed by atoms with Crippen molar-refractivity contribution in [2.24, 2.45) is 5.92 Å². The number of aromatic nitrogens is 1. The first kappa shape index (κ1) is 21.8. The molecule has 5 rings (SSSR count). The fourth-order valence-corrected chi connectivity index (χ4v) is 5.73. The molecule has 0 unspecified atom stereocenters. The molecule has 1 fully saturated rings. The zero-order valence-electron chi connectivity index (χ0n) is 17.2. The molecule has 2 aromatic carbocycles. The number of carbonyl (C=O) groups is 1. The molecule has 3 heterocycles. The lowest BCUT2D eigenvalue weighted by Crippen LogP contribution is -2.60. The van der Waals surface area contributed by atoms with Crippen molar-refractivity contribution < 1.29 is 4.79 Å². The number of rotatable bonds is 3. The van der Waals surface area contributed by atoms with Gasteiger partial charge in [0.05, 0.1) is 0 Å².